The number of aliphatic carboxylic acids is 1. The highest BCUT2D eigenvalue weighted by atomic mass is 16.7. The topological polar surface area (TPSA) is 138 Å². The van der Waals surface area contributed by atoms with Gasteiger partial charge in [-0.3, -0.25) is 0 Å². The molecule has 1 aromatic rings. The molecule has 5 aliphatic rings. The van der Waals surface area contributed by atoms with Gasteiger partial charge in [-0.2, -0.15) is 0 Å². The van der Waals surface area contributed by atoms with Gasteiger partial charge < -0.3 is 40.0 Å². The third kappa shape index (κ3) is 2.62. The molecule has 0 aromatic heterocycles. The van der Waals surface area contributed by atoms with Crippen molar-refractivity contribution >= 4 is 5.97 Å². The highest BCUT2D eigenvalue weighted by molar-refractivity contribution is 5.73. The number of carboxylic acid groups (broad SMARTS) is 1. The second kappa shape index (κ2) is 6.87. The van der Waals surface area contributed by atoms with Gasteiger partial charge in [-0.05, 0) is 49.8 Å². The van der Waals surface area contributed by atoms with E-state index in [0.717, 1.165) is 31.6 Å². The molecule has 0 radical (unpaired) electrons. The zero-order valence-corrected chi connectivity index (χ0v) is 16.9. The van der Waals surface area contributed by atoms with Gasteiger partial charge in [0, 0.05) is 17.0 Å². The first-order chi connectivity index (χ1) is 14.9. The number of piperidine rings is 1. The number of aliphatic hydroxyl groups is 3. The van der Waals surface area contributed by atoms with Crippen LogP contribution < -0.4 is 10.1 Å². The molecule has 2 bridgehead atoms. The molecule has 9 heteroatoms. The summed E-state index contributed by atoms with van der Waals surface area (Å²) in [6.07, 6.45) is -5.28. The van der Waals surface area contributed by atoms with Crippen molar-refractivity contribution in [3.05, 3.63) is 29.3 Å². The lowest BCUT2D eigenvalue weighted by Gasteiger charge is -2.57. The van der Waals surface area contributed by atoms with Gasteiger partial charge in [0.15, 0.2) is 12.4 Å². The van der Waals surface area contributed by atoms with E-state index in [1.165, 1.54) is 11.1 Å². The third-order valence-corrected chi connectivity index (χ3v) is 8.09. The van der Waals surface area contributed by atoms with Crippen molar-refractivity contribution in [3.63, 3.8) is 0 Å². The second-order valence-electron chi connectivity index (χ2n) is 9.48. The molecule has 6 rings (SSSR count). The molecule has 3 fully saturated rings. The van der Waals surface area contributed by atoms with Gasteiger partial charge in [-0.15, -0.1) is 0 Å². The predicted molar refractivity (Wildman–Crippen MR) is 105 cm³/mol. The molecule has 168 valence electrons. The van der Waals surface area contributed by atoms with Gasteiger partial charge in [0.2, 0.25) is 0 Å². The van der Waals surface area contributed by atoms with E-state index >= 15 is 0 Å². The summed E-state index contributed by atoms with van der Waals surface area (Å²) in [5, 5.41) is 43.5. The number of nitrogens with one attached hydrogen (secondary N) is 1. The van der Waals surface area contributed by atoms with Crippen LogP contribution in [0.15, 0.2) is 18.2 Å². The minimum absolute atomic E-state index is 0.188. The molecule has 1 spiro atoms. The van der Waals surface area contributed by atoms with Crippen molar-refractivity contribution in [2.75, 3.05) is 6.54 Å². The summed E-state index contributed by atoms with van der Waals surface area (Å²) in [6.45, 7) is 0.885. The van der Waals surface area contributed by atoms with Gasteiger partial charge in [0.05, 0.1) is 6.10 Å². The molecule has 3 heterocycles. The minimum Gasteiger partial charge on any atom is -0.486 e. The first-order valence-electron chi connectivity index (χ1n) is 11.0. The van der Waals surface area contributed by atoms with Crippen molar-refractivity contribution in [2.45, 2.75) is 80.1 Å². The lowest BCUT2D eigenvalue weighted by Crippen LogP contribution is -2.67. The third-order valence-electron chi connectivity index (χ3n) is 8.09. The van der Waals surface area contributed by atoms with E-state index in [2.05, 4.69) is 11.4 Å². The number of aliphatic hydroxyl groups excluding tert-OH is 3. The summed E-state index contributed by atoms with van der Waals surface area (Å²) in [4.78, 5) is 11.5. The van der Waals surface area contributed by atoms with Crippen LogP contribution in [0.5, 0.6) is 5.75 Å². The van der Waals surface area contributed by atoms with E-state index < -0.39 is 42.8 Å². The molecule has 3 aliphatic heterocycles. The van der Waals surface area contributed by atoms with E-state index in [0.29, 0.717) is 18.4 Å². The number of carbonyl (C=O) groups is 1. The average Bonchev–Trinajstić information content (AvgIpc) is 3.08. The van der Waals surface area contributed by atoms with Crippen molar-refractivity contribution in [1.29, 1.82) is 0 Å². The molecule has 5 N–H and O–H groups in total. The van der Waals surface area contributed by atoms with E-state index in [9.17, 15) is 25.2 Å². The van der Waals surface area contributed by atoms with Gasteiger partial charge in [0.1, 0.15) is 30.2 Å². The summed E-state index contributed by atoms with van der Waals surface area (Å²) in [5.74, 6) is -0.122. The number of rotatable bonds is 3. The fraction of sp³-hybridized carbons (Fsp3) is 0.682. The van der Waals surface area contributed by atoms with E-state index in [1.54, 1.807) is 0 Å². The van der Waals surface area contributed by atoms with Gasteiger partial charge >= 0.3 is 5.97 Å². The molecular weight excluding hydrogens is 406 g/mol. The zero-order valence-electron chi connectivity index (χ0n) is 16.9. The van der Waals surface area contributed by atoms with Crippen LogP contribution in [0, 0.1) is 5.92 Å². The maximum atomic E-state index is 11.5. The smallest absolute Gasteiger partial charge is 0.335 e. The van der Waals surface area contributed by atoms with Crippen molar-refractivity contribution in [2.24, 2.45) is 5.92 Å². The lowest BCUT2D eigenvalue weighted by molar-refractivity contribution is -0.314. The number of carboxylic acids is 1. The number of hydrogen-bond acceptors (Lipinski definition) is 8. The molecule has 2 saturated heterocycles. The summed E-state index contributed by atoms with van der Waals surface area (Å²) < 4.78 is 18.0. The molecule has 2 aliphatic carbocycles. The average molecular weight is 433 g/mol. The van der Waals surface area contributed by atoms with Crippen LogP contribution in [-0.4, -0.2) is 81.9 Å². The van der Waals surface area contributed by atoms with Crippen LogP contribution in [0.4, 0.5) is 0 Å². The number of ether oxygens (including phenoxy) is 3. The van der Waals surface area contributed by atoms with Crippen molar-refractivity contribution in [3.8, 4) is 5.75 Å². The molecule has 9 nitrogen and oxygen atoms in total. The highest BCUT2D eigenvalue weighted by Crippen LogP contribution is 2.61. The van der Waals surface area contributed by atoms with Gasteiger partial charge in [0.25, 0.3) is 0 Å². The quantitative estimate of drug-likeness (QED) is 0.419. The Morgan fingerprint density at radius 3 is 2.81 bits per heavy atom. The minimum atomic E-state index is -1.74. The molecular formula is C22H27NO8. The van der Waals surface area contributed by atoms with Crippen LogP contribution in [0.3, 0.4) is 0 Å². The normalized spacial score (nSPS) is 47.4. The largest absolute Gasteiger partial charge is 0.486 e. The van der Waals surface area contributed by atoms with Crippen LogP contribution in [0.1, 0.15) is 30.4 Å². The Kier molecular flexibility index (Phi) is 4.41. The van der Waals surface area contributed by atoms with Crippen LogP contribution in [0.2, 0.25) is 0 Å². The first-order valence-corrected chi connectivity index (χ1v) is 11.0. The Balaban J connectivity index is 1.33. The predicted octanol–water partition coefficient (Wildman–Crippen LogP) is -0.709. The molecule has 2 unspecified atom stereocenters. The monoisotopic (exact) mass is 433 g/mol. The summed E-state index contributed by atoms with van der Waals surface area (Å²) >= 11 is 0. The Morgan fingerprint density at radius 2 is 2.00 bits per heavy atom. The highest BCUT2D eigenvalue weighted by Gasteiger charge is 2.65. The molecule has 0 amide bonds. The van der Waals surface area contributed by atoms with Gasteiger partial charge in [-0.25, -0.2) is 4.79 Å². The summed E-state index contributed by atoms with van der Waals surface area (Å²) in [5.41, 5.74) is 2.39. The van der Waals surface area contributed by atoms with Crippen LogP contribution >= 0.6 is 0 Å². The maximum absolute atomic E-state index is 11.5. The number of benzene rings is 1. The van der Waals surface area contributed by atoms with E-state index in [-0.39, 0.29) is 11.5 Å². The standard InChI is InChI=1S/C22H27NO8/c24-15-16(25)18(20(27)28)31-21(17(15)26)30-13-5-4-10-11-8-9-2-1-3-12-14(9)22(10,6-7-23-11)19(13)29-12/h1-3,10-11,13,15-19,21,23-26H,4-8H2,(H,27,28)/t10-,11+,13?,15-,16-,17+,18-,19?,21+,22-/m0/s1. The number of hydrogen-bond donors (Lipinski definition) is 5. The second-order valence-corrected chi connectivity index (χ2v) is 9.48. The van der Waals surface area contributed by atoms with Crippen molar-refractivity contribution < 1.29 is 39.4 Å². The Bertz CT molecular complexity index is 909. The van der Waals surface area contributed by atoms with E-state index in [4.69, 9.17) is 14.2 Å². The SMILES string of the molecule is O=C(O)[C@H]1O[C@@H](OC2CC[C@H]3[C@H]4Cc5cccc6c5[C@@]3(CCN4)C2O6)[C@H](O)[C@@H](O)[C@@H]1O. The van der Waals surface area contributed by atoms with E-state index in [1.807, 2.05) is 12.1 Å². The summed E-state index contributed by atoms with van der Waals surface area (Å²) in [7, 11) is 0. The van der Waals surface area contributed by atoms with Crippen molar-refractivity contribution in [1.82, 2.24) is 5.32 Å². The Hall–Kier alpha value is -1.75. The first kappa shape index (κ1) is 19.9. The van der Waals surface area contributed by atoms with Crippen LogP contribution in [-0.2, 0) is 26.1 Å². The molecule has 1 saturated carbocycles. The molecule has 1 aromatic carbocycles. The summed E-state index contributed by atoms with van der Waals surface area (Å²) in [6, 6.07) is 6.55. The van der Waals surface area contributed by atoms with Crippen LogP contribution in [0.25, 0.3) is 0 Å². The Labute approximate surface area is 178 Å². The lowest BCUT2D eigenvalue weighted by atomic mass is 9.52. The molecule has 31 heavy (non-hydrogen) atoms. The maximum Gasteiger partial charge on any atom is 0.335 e. The van der Waals surface area contributed by atoms with Gasteiger partial charge in [-0.1, -0.05) is 12.1 Å². The molecule has 10 atom stereocenters. The zero-order chi connectivity index (χ0) is 21.5. The Morgan fingerprint density at radius 1 is 1.16 bits per heavy atom. The fourth-order valence-corrected chi connectivity index (χ4v) is 6.86. The fourth-order valence-electron chi connectivity index (χ4n) is 6.86.